The van der Waals surface area contributed by atoms with Gasteiger partial charge in [-0.25, -0.2) is 8.78 Å². The third kappa shape index (κ3) is 3.93. The summed E-state index contributed by atoms with van der Waals surface area (Å²) in [6, 6.07) is 2.15. The fourth-order valence-corrected chi connectivity index (χ4v) is 2.90. The lowest BCUT2D eigenvalue weighted by Gasteiger charge is -2.12. The molecule has 1 fully saturated rings. The van der Waals surface area contributed by atoms with Gasteiger partial charge in [0.25, 0.3) is 5.91 Å². The van der Waals surface area contributed by atoms with Crippen LogP contribution < -0.4 is 10.6 Å². The number of benzene rings is 1. The molecule has 1 aliphatic carbocycles. The average molecular weight is 296 g/mol. The van der Waals surface area contributed by atoms with Gasteiger partial charge in [0, 0.05) is 18.7 Å². The first-order chi connectivity index (χ1) is 10.0. The highest BCUT2D eigenvalue weighted by atomic mass is 19.1. The molecule has 116 valence electrons. The summed E-state index contributed by atoms with van der Waals surface area (Å²) in [6.45, 7) is 4.94. The van der Waals surface area contributed by atoms with Crippen molar-refractivity contribution in [3.63, 3.8) is 0 Å². The van der Waals surface area contributed by atoms with Crippen LogP contribution in [-0.4, -0.2) is 19.0 Å². The molecule has 3 nitrogen and oxygen atoms in total. The Balaban J connectivity index is 1.99. The van der Waals surface area contributed by atoms with Gasteiger partial charge in [-0.05, 0) is 43.7 Å². The maximum atomic E-state index is 13.8. The van der Waals surface area contributed by atoms with Crippen LogP contribution in [0.25, 0.3) is 0 Å². The molecule has 0 radical (unpaired) electrons. The SMILES string of the molecule is CCNc1c(F)cc(C(=O)NCC2CCC(C)C2)cc1F. The van der Waals surface area contributed by atoms with E-state index in [9.17, 15) is 13.6 Å². The number of carbonyl (C=O) groups excluding carboxylic acids is 1. The molecule has 0 aromatic heterocycles. The standard InChI is InChI=1S/C16H22F2N2O/c1-3-19-15-13(17)7-12(8-14(15)18)16(21)20-9-11-5-4-10(2)6-11/h7-8,10-11,19H,3-6,9H2,1-2H3,(H,20,21). The van der Waals surface area contributed by atoms with Gasteiger partial charge in [0.1, 0.15) is 17.3 Å². The van der Waals surface area contributed by atoms with E-state index in [0.29, 0.717) is 24.9 Å². The normalized spacial score (nSPS) is 21.3. The fourth-order valence-electron chi connectivity index (χ4n) is 2.90. The van der Waals surface area contributed by atoms with E-state index in [1.54, 1.807) is 6.92 Å². The molecule has 0 bridgehead atoms. The Bertz CT molecular complexity index is 496. The third-order valence-electron chi connectivity index (χ3n) is 4.01. The molecule has 2 atom stereocenters. The van der Waals surface area contributed by atoms with Crippen LogP contribution in [0.4, 0.5) is 14.5 Å². The molecule has 2 rings (SSSR count). The number of halogens is 2. The Morgan fingerprint density at radius 3 is 2.48 bits per heavy atom. The van der Waals surface area contributed by atoms with Crippen LogP contribution in [0.5, 0.6) is 0 Å². The second kappa shape index (κ2) is 6.87. The predicted molar refractivity (Wildman–Crippen MR) is 79.4 cm³/mol. The molecule has 5 heteroatoms. The summed E-state index contributed by atoms with van der Waals surface area (Å²) in [7, 11) is 0. The van der Waals surface area contributed by atoms with Gasteiger partial charge < -0.3 is 10.6 Å². The molecule has 21 heavy (non-hydrogen) atoms. The molecule has 1 saturated carbocycles. The zero-order valence-corrected chi connectivity index (χ0v) is 12.5. The molecule has 0 heterocycles. The minimum Gasteiger partial charge on any atom is -0.381 e. The number of hydrogen-bond acceptors (Lipinski definition) is 2. The first-order valence-electron chi connectivity index (χ1n) is 7.52. The first kappa shape index (κ1) is 15.7. The van der Waals surface area contributed by atoms with Crippen molar-refractivity contribution in [2.45, 2.75) is 33.1 Å². The van der Waals surface area contributed by atoms with Crippen molar-refractivity contribution in [2.75, 3.05) is 18.4 Å². The van der Waals surface area contributed by atoms with Crippen LogP contribution in [0.3, 0.4) is 0 Å². The second-order valence-electron chi connectivity index (χ2n) is 5.84. The fraction of sp³-hybridized carbons (Fsp3) is 0.562. The number of anilines is 1. The molecule has 0 aliphatic heterocycles. The van der Waals surface area contributed by atoms with Gasteiger partial charge in [-0.3, -0.25) is 4.79 Å². The number of amides is 1. The van der Waals surface area contributed by atoms with E-state index in [2.05, 4.69) is 17.6 Å². The monoisotopic (exact) mass is 296 g/mol. The van der Waals surface area contributed by atoms with Crippen molar-refractivity contribution in [2.24, 2.45) is 11.8 Å². The van der Waals surface area contributed by atoms with Crippen LogP contribution in [-0.2, 0) is 0 Å². The van der Waals surface area contributed by atoms with Crippen LogP contribution >= 0.6 is 0 Å². The summed E-state index contributed by atoms with van der Waals surface area (Å²) in [4.78, 5) is 12.0. The van der Waals surface area contributed by atoms with E-state index in [-0.39, 0.29) is 11.3 Å². The molecule has 1 amide bonds. The second-order valence-corrected chi connectivity index (χ2v) is 5.84. The average Bonchev–Trinajstić information content (AvgIpc) is 2.85. The lowest BCUT2D eigenvalue weighted by Crippen LogP contribution is -2.28. The quantitative estimate of drug-likeness (QED) is 0.872. The van der Waals surface area contributed by atoms with Gasteiger partial charge >= 0.3 is 0 Å². The Morgan fingerprint density at radius 1 is 1.29 bits per heavy atom. The molecule has 2 unspecified atom stereocenters. The number of carbonyl (C=O) groups is 1. The van der Waals surface area contributed by atoms with E-state index in [0.717, 1.165) is 25.0 Å². The van der Waals surface area contributed by atoms with Gasteiger partial charge in [0.2, 0.25) is 0 Å². The van der Waals surface area contributed by atoms with E-state index in [1.807, 2.05) is 0 Å². The highest BCUT2D eigenvalue weighted by Crippen LogP contribution is 2.29. The lowest BCUT2D eigenvalue weighted by atomic mass is 10.1. The predicted octanol–water partition coefficient (Wildman–Crippen LogP) is 3.56. The molecule has 1 aromatic carbocycles. The molecule has 1 aliphatic rings. The minimum atomic E-state index is -0.739. The van der Waals surface area contributed by atoms with Crippen molar-refractivity contribution < 1.29 is 13.6 Å². The number of hydrogen-bond donors (Lipinski definition) is 2. The highest BCUT2D eigenvalue weighted by Gasteiger charge is 2.22. The molecule has 0 saturated heterocycles. The van der Waals surface area contributed by atoms with Crippen LogP contribution in [0.2, 0.25) is 0 Å². The van der Waals surface area contributed by atoms with E-state index in [4.69, 9.17) is 0 Å². The zero-order valence-electron chi connectivity index (χ0n) is 12.5. The smallest absolute Gasteiger partial charge is 0.251 e. The highest BCUT2D eigenvalue weighted by molar-refractivity contribution is 5.94. The molecular weight excluding hydrogens is 274 g/mol. The topological polar surface area (TPSA) is 41.1 Å². The largest absolute Gasteiger partial charge is 0.381 e. The Labute approximate surface area is 124 Å². The van der Waals surface area contributed by atoms with E-state index in [1.165, 1.54) is 6.42 Å². The Morgan fingerprint density at radius 2 is 1.95 bits per heavy atom. The summed E-state index contributed by atoms with van der Waals surface area (Å²) in [5, 5.41) is 5.38. The lowest BCUT2D eigenvalue weighted by molar-refractivity contribution is 0.0946. The maximum Gasteiger partial charge on any atom is 0.251 e. The van der Waals surface area contributed by atoms with Crippen LogP contribution in [0, 0.1) is 23.5 Å². The summed E-state index contributed by atoms with van der Waals surface area (Å²) in [5.74, 6) is -0.732. The number of rotatable bonds is 5. The van der Waals surface area contributed by atoms with Gasteiger partial charge in [-0.15, -0.1) is 0 Å². The summed E-state index contributed by atoms with van der Waals surface area (Å²) in [5.41, 5.74) is -0.156. The Kier molecular flexibility index (Phi) is 5.15. The van der Waals surface area contributed by atoms with Gasteiger partial charge in [0.15, 0.2) is 0 Å². The summed E-state index contributed by atoms with van der Waals surface area (Å²) < 4.78 is 27.5. The van der Waals surface area contributed by atoms with Crippen LogP contribution in [0.15, 0.2) is 12.1 Å². The van der Waals surface area contributed by atoms with E-state index >= 15 is 0 Å². The van der Waals surface area contributed by atoms with E-state index < -0.39 is 17.5 Å². The van der Waals surface area contributed by atoms with Crippen molar-refractivity contribution in [1.82, 2.24) is 5.32 Å². The van der Waals surface area contributed by atoms with Crippen molar-refractivity contribution >= 4 is 11.6 Å². The summed E-state index contributed by atoms with van der Waals surface area (Å²) in [6.07, 6.45) is 3.38. The van der Waals surface area contributed by atoms with Gasteiger partial charge in [-0.1, -0.05) is 13.3 Å². The first-order valence-corrected chi connectivity index (χ1v) is 7.52. The van der Waals surface area contributed by atoms with Gasteiger partial charge in [0.05, 0.1) is 0 Å². The maximum absolute atomic E-state index is 13.8. The van der Waals surface area contributed by atoms with Crippen molar-refractivity contribution in [3.05, 3.63) is 29.3 Å². The van der Waals surface area contributed by atoms with Crippen molar-refractivity contribution in [3.8, 4) is 0 Å². The van der Waals surface area contributed by atoms with Crippen LogP contribution in [0.1, 0.15) is 43.5 Å². The number of nitrogens with one attached hydrogen (secondary N) is 2. The van der Waals surface area contributed by atoms with Crippen molar-refractivity contribution in [1.29, 1.82) is 0 Å². The summed E-state index contributed by atoms with van der Waals surface area (Å²) >= 11 is 0. The molecule has 0 spiro atoms. The molecule has 1 aromatic rings. The third-order valence-corrected chi connectivity index (χ3v) is 4.01. The Hall–Kier alpha value is -1.65. The molecular formula is C16H22F2N2O. The van der Waals surface area contributed by atoms with Gasteiger partial charge in [-0.2, -0.15) is 0 Å². The zero-order chi connectivity index (χ0) is 15.4. The minimum absolute atomic E-state index is 0.0256. The molecule has 2 N–H and O–H groups in total.